The van der Waals surface area contributed by atoms with Crippen molar-refractivity contribution in [3.05, 3.63) is 65.5 Å². The van der Waals surface area contributed by atoms with Crippen LogP contribution in [0.3, 0.4) is 0 Å². The fraction of sp³-hybridized carbons (Fsp3) is 0.300. The molecule has 3 aromatic rings. The highest BCUT2D eigenvalue weighted by atomic mass is 19.1. The van der Waals surface area contributed by atoms with Gasteiger partial charge < -0.3 is 9.47 Å². The van der Waals surface area contributed by atoms with Crippen molar-refractivity contribution >= 4 is 16.9 Å². The number of halogens is 2. The van der Waals surface area contributed by atoms with E-state index in [2.05, 4.69) is 9.55 Å². The lowest BCUT2D eigenvalue weighted by molar-refractivity contribution is -0.130. The molecule has 0 atom stereocenters. The van der Waals surface area contributed by atoms with Crippen molar-refractivity contribution < 1.29 is 13.6 Å². The van der Waals surface area contributed by atoms with Crippen LogP contribution in [0, 0.1) is 11.6 Å². The van der Waals surface area contributed by atoms with Crippen LogP contribution in [0.1, 0.15) is 24.7 Å². The summed E-state index contributed by atoms with van der Waals surface area (Å²) in [6.07, 6.45) is 0.278. The van der Waals surface area contributed by atoms with Gasteiger partial charge in [-0.15, -0.1) is 0 Å². The number of carbonyl (C=O) groups excluding carboxylic acids is 1. The number of benzene rings is 2. The second kappa shape index (κ2) is 7.64. The molecule has 0 unspecified atom stereocenters. The Morgan fingerprint density at radius 1 is 1.19 bits per heavy atom. The first-order valence-electron chi connectivity index (χ1n) is 8.61. The van der Waals surface area contributed by atoms with Crippen molar-refractivity contribution in [2.75, 3.05) is 7.05 Å². The number of nitrogens with zero attached hydrogens (tertiary/aromatic N) is 3. The highest BCUT2D eigenvalue weighted by Gasteiger charge is 2.16. The van der Waals surface area contributed by atoms with E-state index in [-0.39, 0.29) is 24.3 Å². The Bertz CT molecular complexity index is 936. The number of rotatable bonds is 6. The van der Waals surface area contributed by atoms with Gasteiger partial charge in [0.05, 0.1) is 17.6 Å². The summed E-state index contributed by atoms with van der Waals surface area (Å²) in [5.41, 5.74) is 2.15. The molecule has 0 radical (unpaired) electrons. The summed E-state index contributed by atoms with van der Waals surface area (Å²) in [4.78, 5) is 18.6. The van der Waals surface area contributed by atoms with E-state index < -0.39 is 11.6 Å². The van der Waals surface area contributed by atoms with E-state index in [1.807, 2.05) is 31.2 Å². The number of aromatic nitrogens is 2. The summed E-state index contributed by atoms with van der Waals surface area (Å²) in [7, 11) is 1.70. The lowest BCUT2D eigenvalue weighted by atomic mass is 10.1. The molecule has 0 saturated heterocycles. The van der Waals surface area contributed by atoms with Crippen LogP contribution in [0.15, 0.2) is 42.5 Å². The fourth-order valence-corrected chi connectivity index (χ4v) is 3.07. The SMILES string of the molecule is CCn1c(CN(C)C(=O)CCc2cc(F)ccc2F)nc2ccccc21. The zero-order chi connectivity index (χ0) is 18.7. The van der Waals surface area contributed by atoms with Crippen LogP contribution < -0.4 is 0 Å². The quantitative estimate of drug-likeness (QED) is 0.670. The van der Waals surface area contributed by atoms with Gasteiger partial charge in [-0.1, -0.05) is 12.1 Å². The third-order valence-electron chi connectivity index (χ3n) is 4.47. The summed E-state index contributed by atoms with van der Waals surface area (Å²) in [5.74, 6) is -0.321. The summed E-state index contributed by atoms with van der Waals surface area (Å²) >= 11 is 0. The molecule has 0 aliphatic carbocycles. The number of hydrogen-bond donors (Lipinski definition) is 0. The van der Waals surface area contributed by atoms with Crippen molar-refractivity contribution in [2.24, 2.45) is 0 Å². The molecule has 4 nitrogen and oxygen atoms in total. The number of aryl methyl sites for hydroxylation is 2. The molecule has 3 rings (SSSR count). The number of hydrogen-bond acceptors (Lipinski definition) is 2. The maximum atomic E-state index is 13.7. The van der Waals surface area contributed by atoms with E-state index in [1.54, 1.807) is 11.9 Å². The zero-order valence-electron chi connectivity index (χ0n) is 14.9. The van der Waals surface area contributed by atoms with E-state index in [1.165, 1.54) is 0 Å². The molecule has 6 heteroatoms. The van der Waals surface area contributed by atoms with E-state index in [0.717, 1.165) is 41.6 Å². The van der Waals surface area contributed by atoms with E-state index in [9.17, 15) is 13.6 Å². The van der Waals surface area contributed by atoms with Crippen molar-refractivity contribution in [2.45, 2.75) is 32.9 Å². The van der Waals surface area contributed by atoms with Crippen LogP contribution in [0.25, 0.3) is 11.0 Å². The van der Waals surface area contributed by atoms with Gasteiger partial charge in [-0.2, -0.15) is 0 Å². The molecule has 0 aliphatic rings. The molecule has 0 bridgehead atoms. The van der Waals surface area contributed by atoms with Crippen LogP contribution in [-0.4, -0.2) is 27.4 Å². The Hall–Kier alpha value is -2.76. The molecule has 0 spiro atoms. The fourth-order valence-electron chi connectivity index (χ4n) is 3.07. The van der Waals surface area contributed by atoms with E-state index >= 15 is 0 Å². The molecule has 0 fully saturated rings. The van der Waals surface area contributed by atoms with Gasteiger partial charge in [0.15, 0.2) is 0 Å². The largest absolute Gasteiger partial charge is 0.338 e. The number of imidazole rings is 1. The molecule has 0 N–H and O–H groups in total. The predicted molar refractivity (Wildman–Crippen MR) is 96.6 cm³/mol. The maximum absolute atomic E-state index is 13.7. The topological polar surface area (TPSA) is 38.1 Å². The van der Waals surface area contributed by atoms with Crippen LogP contribution in [-0.2, 0) is 24.3 Å². The van der Waals surface area contributed by atoms with Gasteiger partial charge in [0, 0.05) is 20.0 Å². The summed E-state index contributed by atoms with van der Waals surface area (Å²) in [5, 5.41) is 0. The van der Waals surface area contributed by atoms with Gasteiger partial charge in [-0.05, 0) is 49.2 Å². The van der Waals surface area contributed by atoms with Crippen molar-refractivity contribution in [1.82, 2.24) is 14.5 Å². The van der Waals surface area contributed by atoms with Crippen molar-refractivity contribution in [3.63, 3.8) is 0 Å². The number of amides is 1. The molecule has 1 amide bonds. The monoisotopic (exact) mass is 357 g/mol. The van der Waals surface area contributed by atoms with Gasteiger partial charge in [0.2, 0.25) is 5.91 Å². The highest BCUT2D eigenvalue weighted by Crippen LogP contribution is 2.18. The van der Waals surface area contributed by atoms with Gasteiger partial charge in [-0.25, -0.2) is 13.8 Å². The van der Waals surface area contributed by atoms with Gasteiger partial charge >= 0.3 is 0 Å². The van der Waals surface area contributed by atoms with Gasteiger partial charge in [-0.3, -0.25) is 4.79 Å². The lowest BCUT2D eigenvalue weighted by Crippen LogP contribution is -2.28. The van der Waals surface area contributed by atoms with Crippen LogP contribution in [0.4, 0.5) is 8.78 Å². The Labute approximate surface area is 151 Å². The normalized spacial score (nSPS) is 11.1. The lowest BCUT2D eigenvalue weighted by Gasteiger charge is -2.17. The third-order valence-corrected chi connectivity index (χ3v) is 4.47. The minimum absolute atomic E-state index is 0.114. The molecule has 26 heavy (non-hydrogen) atoms. The molecule has 0 aliphatic heterocycles. The van der Waals surface area contributed by atoms with Crippen LogP contribution in [0.5, 0.6) is 0 Å². The standard InChI is InChI=1S/C20H21F2N3O/c1-3-25-18-7-5-4-6-17(18)23-19(25)13-24(2)20(26)11-8-14-12-15(21)9-10-16(14)22/h4-7,9-10,12H,3,8,11,13H2,1-2H3. The van der Waals surface area contributed by atoms with E-state index in [0.29, 0.717) is 6.54 Å². The molecule has 1 aromatic heterocycles. The van der Waals surface area contributed by atoms with Crippen molar-refractivity contribution in [3.8, 4) is 0 Å². The molecular weight excluding hydrogens is 336 g/mol. The Kier molecular flexibility index (Phi) is 5.30. The molecule has 2 aromatic carbocycles. The second-order valence-corrected chi connectivity index (χ2v) is 6.25. The molecular formula is C20H21F2N3O. The maximum Gasteiger partial charge on any atom is 0.223 e. The minimum Gasteiger partial charge on any atom is -0.338 e. The highest BCUT2D eigenvalue weighted by molar-refractivity contribution is 5.77. The van der Waals surface area contributed by atoms with Gasteiger partial charge in [0.1, 0.15) is 17.5 Å². The Balaban J connectivity index is 1.69. The van der Waals surface area contributed by atoms with Gasteiger partial charge in [0.25, 0.3) is 0 Å². The molecule has 1 heterocycles. The number of fused-ring (bicyclic) bond motifs is 1. The van der Waals surface area contributed by atoms with E-state index in [4.69, 9.17) is 0 Å². The Morgan fingerprint density at radius 2 is 1.96 bits per heavy atom. The first kappa shape index (κ1) is 18.0. The summed E-state index contributed by atoms with van der Waals surface area (Å²) in [6.45, 7) is 3.16. The molecule has 136 valence electrons. The molecule has 0 saturated carbocycles. The third kappa shape index (κ3) is 3.74. The number of para-hydroxylation sites is 2. The Morgan fingerprint density at radius 3 is 2.73 bits per heavy atom. The average molecular weight is 357 g/mol. The smallest absolute Gasteiger partial charge is 0.223 e. The average Bonchev–Trinajstić information content (AvgIpc) is 2.99. The second-order valence-electron chi connectivity index (χ2n) is 6.25. The first-order chi connectivity index (χ1) is 12.5. The summed E-state index contributed by atoms with van der Waals surface area (Å²) < 4.78 is 29.0. The first-order valence-corrected chi connectivity index (χ1v) is 8.61. The van der Waals surface area contributed by atoms with Crippen LogP contribution >= 0.6 is 0 Å². The van der Waals surface area contributed by atoms with Crippen LogP contribution in [0.2, 0.25) is 0 Å². The van der Waals surface area contributed by atoms with Crippen molar-refractivity contribution in [1.29, 1.82) is 0 Å². The minimum atomic E-state index is -0.501. The number of carbonyl (C=O) groups is 1. The zero-order valence-corrected chi connectivity index (χ0v) is 14.9. The predicted octanol–water partition coefficient (Wildman–Crippen LogP) is 3.93. The summed E-state index contributed by atoms with van der Waals surface area (Å²) in [6, 6.07) is 11.1.